The van der Waals surface area contributed by atoms with E-state index in [4.69, 9.17) is 14.9 Å². The van der Waals surface area contributed by atoms with Gasteiger partial charge >= 0.3 is 0 Å². The number of hydrogen-bond acceptors (Lipinski definition) is 6. The third-order valence-electron chi connectivity index (χ3n) is 5.79. The SMILES string of the molecule is CCOc1cc2c(c(F)c1OCC)C(=N)N(CC(=O)c1cc(CNC)c(O)c(C(C)(C)C)c1)C2. The minimum absolute atomic E-state index is 0.00825. The molecule has 7 nitrogen and oxygen atoms in total. The molecule has 0 aliphatic carbocycles. The zero-order valence-electron chi connectivity index (χ0n) is 20.8. The highest BCUT2D eigenvalue weighted by atomic mass is 19.1. The molecule has 1 heterocycles. The Bertz CT molecular complexity index is 1110. The smallest absolute Gasteiger partial charge is 0.197 e. The number of amidine groups is 1. The van der Waals surface area contributed by atoms with Gasteiger partial charge in [-0.3, -0.25) is 10.2 Å². The van der Waals surface area contributed by atoms with Crippen molar-refractivity contribution < 1.29 is 23.8 Å². The van der Waals surface area contributed by atoms with Gasteiger partial charge in [-0.15, -0.1) is 0 Å². The van der Waals surface area contributed by atoms with Gasteiger partial charge in [-0.1, -0.05) is 20.8 Å². The Morgan fingerprint density at radius 2 is 1.88 bits per heavy atom. The number of carbonyl (C=O) groups is 1. The first kappa shape index (κ1) is 25.5. The summed E-state index contributed by atoms with van der Waals surface area (Å²) < 4.78 is 26.3. The maximum Gasteiger partial charge on any atom is 0.197 e. The normalized spacial score (nSPS) is 13.3. The molecule has 34 heavy (non-hydrogen) atoms. The number of nitrogens with one attached hydrogen (secondary N) is 2. The first-order valence-corrected chi connectivity index (χ1v) is 11.5. The van der Waals surface area contributed by atoms with Crippen molar-refractivity contribution in [2.24, 2.45) is 0 Å². The van der Waals surface area contributed by atoms with Gasteiger partial charge in [0.05, 0.1) is 25.3 Å². The molecule has 0 amide bonds. The average molecular weight is 472 g/mol. The average Bonchev–Trinajstić information content (AvgIpc) is 3.06. The number of carbonyl (C=O) groups excluding carboxylic acids is 1. The van der Waals surface area contributed by atoms with E-state index in [-0.39, 0.29) is 53.8 Å². The second kappa shape index (κ2) is 10.0. The van der Waals surface area contributed by atoms with Crippen LogP contribution in [0.15, 0.2) is 18.2 Å². The van der Waals surface area contributed by atoms with Crippen LogP contribution in [0, 0.1) is 11.2 Å². The van der Waals surface area contributed by atoms with E-state index in [1.165, 1.54) is 0 Å². The number of rotatable bonds is 9. The number of phenols is 1. The molecular formula is C26H34FN3O4. The van der Waals surface area contributed by atoms with Crippen LogP contribution in [0.1, 0.15) is 67.2 Å². The highest BCUT2D eigenvalue weighted by Crippen LogP contribution is 2.39. The minimum Gasteiger partial charge on any atom is -0.507 e. The zero-order valence-corrected chi connectivity index (χ0v) is 20.8. The van der Waals surface area contributed by atoms with Crippen LogP contribution in [0.25, 0.3) is 0 Å². The molecule has 1 aliphatic heterocycles. The molecular weight excluding hydrogens is 437 g/mol. The maximum atomic E-state index is 15.3. The Labute approximate surface area is 200 Å². The van der Waals surface area contributed by atoms with Gasteiger partial charge in [0.2, 0.25) is 0 Å². The van der Waals surface area contributed by atoms with Gasteiger partial charge in [-0.05, 0) is 50.1 Å². The molecule has 0 fully saturated rings. The molecule has 0 atom stereocenters. The molecule has 3 rings (SSSR count). The quantitative estimate of drug-likeness (QED) is 0.470. The number of fused-ring (bicyclic) bond motifs is 1. The topological polar surface area (TPSA) is 94.9 Å². The number of benzene rings is 2. The Kier molecular flexibility index (Phi) is 7.51. The number of halogens is 1. The molecule has 0 spiro atoms. The fourth-order valence-corrected chi connectivity index (χ4v) is 4.18. The molecule has 0 aromatic heterocycles. The fourth-order valence-electron chi connectivity index (χ4n) is 4.18. The third kappa shape index (κ3) is 4.87. The molecule has 3 N–H and O–H groups in total. The standard InChI is InChI=1S/C26H34FN3O4/c1-7-33-20-11-17-13-30(25(28)21(17)22(27)24(20)34-8-2)14-19(31)15-9-16(12-29-6)23(32)18(10-15)26(3,4)5/h9-11,28-29,32H,7-8,12-14H2,1-6H3. The Hall–Kier alpha value is -3.13. The number of ether oxygens (including phenoxy) is 2. The minimum atomic E-state index is -0.640. The van der Waals surface area contributed by atoms with Crippen molar-refractivity contribution >= 4 is 11.6 Å². The van der Waals surface area contributed by atoms with Crippen molar-refractivity contribution in [3.8, 4) is 17.2 Å². The number of ketones is 1. The lowest BCUT2D eigenvalue weighted by Gasteiger charge is -2.24. The van der Waals surface area contributed by atoms with Crippen molar-refractivity contribution in [1.29, 1.82) is 5.41 Å². The molecule has 0 saturated heterocycles. The van der Waals surface area contributed by atoms with Crippen molar-refractivity contribution in [3.05, 3.63) is 51.8 Å². The summed E-state index contributed by atoms with van der Waals surface area (Å²) in [5.41, 5.74) is 2.11. The summed E-state index contributed by atoms with van der Waals surface area (Å²) in [6, 6.07) is 5.08. The Balaban J connectivity index is 1.93. The first-order valence-electron chi connectivity index (χ1n) is 11.5. The third-order valence-corrected chi connectivity index (χ3v) is 5.79. The zero-order chi connectivity index (χ0) is 25.2. The molecule has 0 bridgehead atoms. The molecule has 2 aromatic rings. The van der Waals surface area contributed by atoms with Crippen LogP contribution in [0.3, 0.4) is 0 Å². The lowest BCUT2D eigenvalue weighted by molar-refractivity contribution is 0.0962. The van der Waals surface area contributed by atoms with Crippen molar-refractivity contribution in [1.82, 2.24) is 10.2 Å². The monoisotopic (exact) mass is 471 g/mol. The molecule has 184 valence electrons. The van der Waals surface area contributed by atoms with E-state index in [9.17, 15) is 9.90 Å². The summed E-state index contributed by atoms with van der Waals surface area (Å²) in [7, 11) is 1.77. The largest absolute Gasteiger partial charge is 0.507 e. The predicted octanol–water partition coefficient (Wildman–Crippen LogP) is 4.37. The summed E-state index contributed by atoms with van der Waals surface area (Å²) in [5, 5.41) is 22.3. The van der Waals surface area contributed by atoms with E-state index in [0.717, 1.165) is 0 Å². The summed E-state index contributed by atoms with van der Waals surface area (Å²) >= 11 is 0. The van der Waals surface area contributed by atoms with E-state index >= 15 is 4.39 Å². The molecule has 0 saturated carbocycles. The van der Waals surface area contributed by atoms with E-state index in [2.05, 4.69) is 5.32 Å². The van der Waals surface area contributed by atoms with E-state index in [1.54, 1.807) is 44.0 Å². The van der Waals surface area contributed by atoms with E-state index in [0.29, 0.717) is 41.2 Å². The van der Waals surface area contributed by atoms with Gasteiger partial charge in [-0.2, -0.15) is 0 Å². The summed E-state index contributed by atoms with van der Waals surface area (Å²) in [6.45, 7) is 10.6. The lowest BCUT2D eigenvalue weighted by Crippen LogP contribution is -2.31. The fraction of sp³-hybridized carbons (Fsp3) is 0.462. The van der Waals surface area contributed by atoms with Gasteiger partial charge in [0.25, 0.3) is 0 Å². The van der Waals surface area contributed by atoms with Crippen LogP contribution in [0.5, 0.6) is 17.2 Å². The Morgan fingerprint density at radius 1 is 1.21 bits per heavy atom. The molecule has 2 aromatic carbocycles. The van der Waals surface area contributed by atoms with Crippen LogP contribution in [0.2, 0.25) is 0 Å². The number of nitrogens with zero attached hydrogens (tertiary/aromatic N) is 1. The highest BCUT2D eigenvalue weighted by molar-refractivity contribution is 6.06. The summed E-state index contributed by atoms with van der Waals surface area (Å²) in [4.78, 5) is 14.8. The van der Waals surface area contributed by atoms with Crippen LogP contribution in [-0.2, 0) is 18.5 Å². The van der Waals surface area contributed by atoms with Crippen LogP contribution >= 0.6 is 0 Å². The number of phenolic OH excluding ortho intramolecular Hbond substituents is 1. The summed E-state index contributed by atoms with van der Waals surface area (Å²) in [5.74, 6) is -0.448. The Morgan fingerprint density at radius 3 is 2.47 bits per heavy atom. The molecule has 1 aliphatic rings. The predicted molar refractivity (Wildman–Crippen MR) is 130 cm³/mol. The molecule has 0 radical (unpaired) electrons. The van der Waals surface area contributed by atoms with Gasteiger partial charge < -0.3 is 24.8 Å². The number of aromatic hydroxyl groups is 1. The van der Waals surface area contributed by atoms with Gasteiger partial charge in [0.15, 0.2) is 23.1 Å². The van der Waals surface area contributed by atoms with Crippen molar-refractivity contribution in [3.63, 3.8) is 0 Å². The van der Waals surface area contributed by atoms with Crippen LogP contribution in [0.4, 0.5) is 4.39 Å². The first-order chi connectivity index (χ1) is 16.0. The van der Waals surface area contributed by atoms with Crippen LogP contribution in [-0.4, -0.2) is 48.4 Å². The van der Waals surface area contributed by atoms with E-state index in [1.807, 2.05) is 20.8 Å². The number of hydrogen-bond donors (Lipinski definition) is 3. The number of Topliss-reactive ketones (excluding diaryl/α,β-unsaturated/α-hetero) is 1. The van der Waals surface area contributed by atoms with Crippen molar-refractivity contribution in [2.45, 2.75) is 53.1 Å². The van der Waals surface area contributed by atoms with Gasteiger partial charge in [-0.25, -0.2) is 4.39 Å². The van der Waals surface area contributed by atoms with E-state index < -0.39 is 5.82 Å². The highest BCUT2D eigenvalue weighted by Gasteiger charge is 2.33. The second-order valence-electron chi connectivity index (χ2n) is 9.36. The second-order valence-corrected chi connectivity index (χ2v) is 9.36. The van der Waals surface area contributed by atoms with Crippen LogP contribution < -0.4 is 14.8 Å². The molecule has 0 unspecified atom stereocenters. The van der Waals surface area contributed by atoms with Gasteiger partial charge in [0.1, 0.15) is 11.6 Å². The maximum absolute atomic E-state index is 15.3. The summed E-state index contributed by atoms with van der Waals surface area (Å²) in [6.07, 6.45) is 0. The lowest BCUT2D eigenvalue weighted by atomic mass is 9.83. The van der Waals surface area contributed by atoms with Gasteiger partial charge in [0, 0.05) is 29.8 Å². The van der Waals surface area contributed by atoms with Crippen molar-refractivity contribution in [2.75, 3.05) is 26.8 Å². The molecule has 8 heteroatoms.